The molecule has 2 rings (SSSR count). The van der Waals surface area contributed by atoms with E-state index >= 15 is 0 Å². The van der Waals surface area contributed by atoms with Gasteiger partial charge in [0.2, 0.25) is 0 Å². The molecule has 0 spiro atoms. The van der Waals surface area contributed by atoms with Crippen LogP contribution >= 0.6 is 11.6 Å². The molecule has 0 saturated heterocycles. The summed E-state index contributed by atoms with van der Waals surface area (Å²) in [5, 5.41) is 4.08. The third-order valence-corrected chi connectivity index (χ3v) is 3.77. The fraction of sp³-hybridized carbons (Fsp3) is 0.294. The number of halogens is 1. The first-order chi connectivity index (χ1) is 9.56. The van der Waals surface area contributed by atoms with Gasteiger partial charge in [-0.05, 0) is 50.2 Å². The van der Waals surface area contributed by atoms with E-state index in [2.05, 4.69) is 37.4 Å². The lowest BCUT2D eigenvalue weighted by Crippen LogP contribution is -2.19. The molecular weight excluding hydrogens is 270 g/mol. The Labute approximate surface area is 125 Å². The first kappa shape index (κ1) is 14.9. The number of aryl methyl sites for hydroxylation is 2. The highest BCUT2D eigenvalue weighted by Crippen LogP contribution is 2.33. The third kappa shape index (κ3) is 2.97. The number of benzene rings is 2. The standard InChI is InChI=1S/C17H20ClNO/c1-11-5-6-12(2)14(9-11)17(19-3)15-10-13(18)7-8-16(15)20-4/h5-10,17,19H,1-4H3. The van der Waals surface area contributed by atoms with Crippen LogP contribution in [0.25, 0.3) is 0 Å². The van der Waals surface area contributed by atoms with Gasteiger partial charge in [-0.15, -0.1) is 0 Å². The van der Waals surface area contributed by atoms with Gasteiger partial charge in [-0.25, -0.2) is 0 Å². The lowest BCUT2D eigenvalue weighted by Gasteiger charge is -2.22. The zero-order valence-electron chi connectivity index (χ0n) is 12.3. The minimum absolute atomic E-state index is 0.0588. The van der Waals surface area contributed by atoms with E-state index < -0.39 is 0 Å². The quantitative estimate of drug-likeness (QED) is 0.907. The fourth-order valence-electron chi connectivity index (χ4n) is 2.48. The Balaban J connectivity index is 2.57. The van der Waals surface area contributed by atoms with Gasteiger partial charge in [0.15, 0.2) is 0 Å². The molecule has 0 aromatic heterocycles. The molecule has 2 aromatic carbocycles. The van der Waals surface area contributed by atoms with Crippen LogP contribution in [0.15, 0.2) is 36.4 Å². The van der Waals surface area contributed by atoms with Crippen molar-refractivity contribution in [3.8, 4) is 5.75 Å². The number of methoxy groups -OCH3 is 1. The molecule has 0 aliphatic rings. The van der Waals surface area contributed by atoms with Crippen LogP contribution in [0, 0.1) is 13.8 Å². The number of hydrogen-bond donors (Lipinski definition) is 1. The second-order valence-electron chi connectivity index (χ2n) is 4.97. The van der Waals surface area contributed by atoms with E-state index in [1.165, 1.54) is 16.7 Å². The lowest BCUT2D eigenvalue weighted by atomic mass is 9.93. The molecule has 0 aliphatic heterocycles. The van der Waals surface area contributed by atoms with Crippen LogP contribution in [-0.2, 0) is 0 Å². The molecule has 2 nitrogen and oxygen atoms in total. The molecule has 0 amide bonds. The molecule has 3 heteroatoms. The number of ether oxygens (including phenoxy) is 1. The van der Waals surface area contributed by atoms with Gasteiger partial charge < -0.3 is 10.1 Å². The largest absolute Gasteiger partial charge is 0.496 e. The summed E-state index contributed by atoms with van der Waals surface area (Å²) in [5.41, 5.74) is 4.79. The molecular formula is C17H20ClNO. The van der Waals surface area contributed by atoms with E-state index in [4.69, 9.17) is 16.3 Å². The van der Waals surface area contributed by atoms with Gasteiger partial charge in [0.25, 0.3) is 0 Å². The van der Waals surface area contributed by atoms with Gasteiger partial charge in [-0.2, -0.15) is 0 Å². The maximum atomic E-state index is 6.15. The maximum absolute atomic E-state index is 6.15. The van der Waals surface area contributed by atoms with Gasteiger partial charge in [0.1, 0.15) is 5.75 Å². The van der Waals surface area contributed by atoms with Crippen molar-refractivity contribution in [1.29, 1.82) is 0 Å². The van der Waals surface area contributed by atoms with Crippen molar-refractivity contribution in [2.24, 2.45) is 0 Å². The fourth-order valence-corrected chi connectivity index (χ4v) is 2.66. The molecule has 0 heterocycles. The number of hydrogen-bond acceptors (Lipinski definition) is 2. The Morgan fingerprint density at radius 2 is 1.80 bits per heavy atom. The zero-order chi connectivity index (χ0) is 14.7. The molecule has 20 heavy (non-hydrogen) atoms. The summed E-state index contributed by atoms with van der Waals surface area (Å²) in [4.78, 5) is 0. The van der Waals surface area contributed by atoms with Crippen LogP contribution in [0.2, 0.25) is 5.02 Å². The van der Waals surface area contributed by atoms with Crippen molar-refractivity contribution in [3.05, 3.63) is 63.7 Å². The maximum Gasteiger partial charge on any atom is 0.124 e. The van der Waals surface area contributed by atoms with Crippen LogP contribution in [-0.4, -0.2) is 14.2 Å². The lowest BCUT2D eigenvalue weighted by molar-refractivity contribution is 0.405. The second kappa shape index (κ2) is 6.29. The Bertz CT molecular complexity index is 610. The first-order valence-electron chi connectivity index (χ1n) is 6.64. The van der Waals surface area contributed by atoms with Gasteiger partial charge >= 0.3 is 0 Å². The summed E-state index contributed by atoms with van der Waals surface area (Å²) < 4.78 is 5.48. The Hall–Kier alpha value is -1.51. The summed E-state index contributed by atoms with van der Waals surface area (Å²) in [6, 6.07) is 12.3. The summed E-state index contributed by atoms with van der Waals surface area (Å²) in [7, 11) is 3.63. The molecule has 1 N–H and O–H groups in total. The molecule has 0 fully saturated rings. The van der Waals surface area contributed by atoms with Crippen molar-refractivity contribution >= 4 is 11.6 Å². The molecule has 0 bridgehead atoms. The smallest absolute Gasteiger partial charge is 0.124 e. The van der Waals surface area contributed by atoms with Crippen molar-refractivity contribution in [1.82, 2.24) is 5.32 Å². The van der Waals surface area contributed by atoms with Gasteiger partial charge in [0, 0.05) is 10.6 Å². The minimum Gasteiger partial charge on any atom is -0.496 e. The average Bonchev–Trinajstić information content (AvgIpc) is 2.44. The topological polar surface area (TPSA) is 21.3 Å². The van der Waals surface area contributed by atoms with E-state index in [0.29, 0.717) is 5.02 Å². The van der Waals surface area contributed by atoms with E-state index in [0.717, 1.165) is 11.3 Å². The predicted octanol–water partition coefficient (Wildman–Crippen LogP) is 4.27. The highest BCUT2D eigenvalue weighted by molar-refractivity contribution is 6.30. The summed E-state index contributed by atoms with van der Waals surface area (Å²) >= 11 is 6.15. The molecule has 106 valence electrons. The van der Waals surface area contributed by atoms with Crippen LogP contribution in [0.4, 0.5) is 0 Å². The van der Waals surface area contributed by atoms with E-state index in [1.807, 2.05) is 25.2 Å². The molecule has 1 atom stereocenters. The molecule has 0 saturated carbocycles. The first-order valence-corrected chi connectivity index (χ1v) is 7.02. The predicted molar refractivity (Wildman–Crippen MR) is 84.8 cm³/mol. The highest BCUT2D eigenvalue weighted by atomic mass is 35.5. The second-order valence-corrected chi connectivity index (χ2v) is 5.40. The van der Waals surface area contributed by atoms with Crippen molar-refractivity contribution in [2.45, 2.75) is 19.9 Å². The summed E-state index contributed by atoms with van der Waals surface area (Å²) in [5.74, 6) is 0.842. The molecule has 1 unspecified atom stereocenters. The minimum atomic E-state index is 0.0588. The third-order valence-electron chi connectivity index (χ3n) is 3.54. The van der Waals surface area contributed by atoms with E-state index in [1.54, 1.807) is 7.11 Å². The van der Waals surface area contributed by atoms with E-state index in [9.17, 15) is 0 Å². The molecule has 2 aromatic rings. The Kier molecular flexibility index (Phi) is 4.69. The van der Waals surface area contributed by atoms with Crippen LogP contribution < -0.4 is 10.1 Å². The zero-order valence-corrected chi connectivity index (χ0v) is 13.1. The number of rotatable bonds is 4. The van der Waals surface area contributed by atoms with Crippen LogP contribution in [0.5, 0.6) is 5.75 Å². The number of nitrogens with one attached hydrogen (secondary N) is 1. The Morgan fingerprint density at radius 1 is 1.05 bits per heavy atom. The van der Waals surface area contributed by atoms with Crippen molar-refractivity contribution in [3.63, 3.8) is 0 Å². The van der Waals surface area contributed by atoms with E-state index in [-0.39, 0.29) is 6.04 Å². The van der Waals surface area contributed by atoms with Gasteiger partial charge in [-0.3, -0.25) is 0 Å². The molecule has 0 radical (unpaired) electrons. The van der Waals surface area contributed by atoms with Gasteiger partial charge in [0.05, 0.1) is 13.2 Å². The Morgan fingerprint density at radius 3 is 2.45 bits per heavy atom. The van der Waals surface area contributed by atoms with Crippen LogP contribution in [0.3, 0.4) is 0 Å². The molecule has 0 aliphatic carbocycles. The summed E-state index contributed by atoms with van der Waals surface area (Å²) in [6.07, 6.45) is 0. The van der Waals surface area contributed by atoms with Crippen molar-refractivity contribution in [2.75, 3.05) is 14.2 Å². The summed E-state index contributed by atoms with van der Waals surface area (Å²) in [6.45, 7) is 4.22. The normalized spacial score (nSPS) is 12.2. The highest BCUT2D eigenvalue weighted by Gasteiger charge is 2.18. The SMILES string of the molecule is CNC(c1cc(C)ccc1C)c1cc(Cl)ccc1OC. The van der Waals surface area contributed by atoms with Crippen molar-refractivity contribution < 1.29 is 4.74 Å². The van der Waals surface area contributed by atoms with Crippen LogP contribution in [0.1, 0.15) is 28.3 Å². The average molecular weight is 290 g/mol. The van der Waals surface area contributed by atoms with Gasteiger partial charge in [-0.1, -0.05) is 35.4 Å². The monoisotopic (exact) mass is 289 g/mol.